The number of sulfonamides is 1. The lowest BCUT2D eigenvalue weighted by Crippen LogP contribution is -2.13. The molecule has 86 valence electrons. The lowest BCUT2D eigenvalue weighted by molar-refractivity contribution is 0.601. The Morgan fingerprint density at radius 2 is 1.88 bits per heavy atom. The molecule has 2 rings (SSSR count). The van der Waals surface area contributed by atoms with Gasteiger partial charge in [-0.05, 0) is 23.6 Å². The minimum atomic E-state index is -3.67. The highest BCUT2D eigenvalue weighted by Gasteiger charge is 2.19. The predicted octanol–water partition coefficient (Wildman–Crippen LogP) is 2.42. The van der Waals surface area contributed by atoms with E-state index in [1.54, 1.807) is 35.7 Å². The topological polar surface area (TPSA) is 70.0 Å². The van der Waals surface area contributed by atoms with E-state index in [1.807, 2.05) is 6.07 Å². The summed E-state index contributed by atoms with van der Waals surface area (Å²) in [4.78, 5) is 0.210. The summed E-state index contributed by atoms with van der Waals surface area (Å²) in [5, 5.41) is 10.4. The lowest BCUT2D eigenvalue weighted by Gasteiger charge is -2.06. The lowest BCUT2D eigenvalue weighted by atomic mass is 10.3. The van der Waals surface area contributed by atoms with Gasteiger partial charge in [0.15, 0.2) is 0 Å². The van der Waals surface area contributed by atoms with Crippen LogP contribution in [0.5, 0.6) is 0 Å². The fourth-order valence-electron chi connectivity index (χ4n) is 1.31. The van der Waals surface area contributed by atoms with Gasteiger partial charge in [0.1, 0.15) is 15.8 Å². The van der Waals surface area contributed by atoms with Gasteiger partial charge >= 0.3 is 0 Å². The first kappa shape index (κ1) is 11.6. The highest BCUT2D eigenvalue weighted by atomic mass is 32.2. The molecule has 0 aliphatic carbocycles. The van der Waals surface area contributed by atoms with E-state index in [2.05, 4.69) is 4.72 Å². The van der Waals surface area contributed by atoms with Gasteiger partial charge < -0.3 is 0 Å². The predicted molar refractivity (Wildman–Crippen MR) is 66.3 cm³/mol. The van der Waals surface area contributed by atoms with E-state index in [1.165, 1.54) is 6.07 Å². The summed E-state index contributed by atoms with van der Waals surface area (Å²) >= 11 is 1.11. The summed E-state index contributed by atoms with van der Waals surface area (Å²) in [7, 11) is -3.67. The van der Waals surface area contributed by atoms with Crippen molar-refractivity contribution in [1.82, 2.24) is 0 Å². The van der Waals surface area contributed by atoms with Crippen LogP contribution in [0.1, 0.15) is 4.88 Å². The van der Waals surface area contributed by atoms with Crippen LogP contribution in [0.25, 0.3) is 0 Å². The maximum Gasteiger partial charge on any atom is 0.264 e. The van der Waals surface area contributed by atoms with E-state index in [0.29, 0.717) is 5.69 Å². The van der Waals surface area contributed by atoms with E-state index >= 15 is 0 Å². The molecule has 17 heavy (non-hydrogen) atoms. The molecule has 1 heterocycles. The van der Waals surface area contributed by atoms with Gasteiger partial charge in [0.05, 0.1) is 0 Å². The van der Waals surface area contributed by atoms with Crippen LogP contribution in [-0.2, 0) is 10.0 Å². The summed E-state index contributed by atoms with van der Waals surface area (Å²) in [5.41, 5.74) is 0.475. The molecule has 0 saturated carbocycles. The van der Waals surface area contributed by atoms with E-state index in [0.717, 1.165) is 11.3 Å². The molecule has 0 unspecified atom stereocenters. The molecule has 0 atom stereocenters. The third-order valence-electron chi connectivity index (χ3n) is 2.05. The number of nitriles is 1. The minimum absolute atomic E-state index is 0.0221. The van der Waals surface area contributed by atoms with Gasteiger partial charge in [-0.3, -0.25) is 4.72 Å². The first-order valence-corrected chi connectivity index (χ1v) is 7.05. The van der Waals surface area contributed by atoms with Gasteiger partial charge in [-0.1, -0.05) is 18.2 Å². The summed E-state index contributed by atoms with van der Waals surface area (Å²) in [6.07, 6.45) is 0. The number of benzene rings is 1. The standard InChI is InChI=1S/C11H8N2O2S2/c12-8-10-11(6-7-16-10)17(14,15)13-9-4-2-1-3-5-9/h1-7,13H. The second-order valence-corrected chi connectivity index (χ2v) is 5.76. The third kappa shape index (κ3) is 2.46. The number of nitrogens with zero attached hydrogens (tertiary/aromatic N) is 1. The van der Waals surface area contributed by atoms with Crippen molar-refractivity contribution in [2.45, 2.75) is 4.90 Å². The third-order valence-corrected chi connectivity index (χ3v) is 4.42. The van der Waals surface area contributed by atoms with Crippen molar-refractivity contribution in [3.63, 3.8) is 0 Å². The summed E-state index contributed by atoms with van der Waals surface area (Å²) in [5.74, 6) is 0. The molecular formula is C11H8N2O2S2. The monoisotopic (exact) mass is 264 g/mol. The number of para-hydroxylation sites is 1. The second-order valence-electron chi connectivity index (χ2n) is 3.20. The Labute approximate surface area is 103 Å². The van der Waals surface area contributed by atoms with Crippen molar-refractivity contribution in [3.8, 4) is 6.07 Å². The maximum absolute atomic E-state index is 12.0. The molecular weight excluding hydrogens is 256 g/mol. The highest BCUT2D eigenvalue weighted by Crippen LogP contribution is 2.23. The average molecular weight is 264 g/mol. The largest absolute Gasteiger partial charge is 0.280 e. The van der Waals surface area contributed by atoms with E-state index in [9.17, 15) is 8.42 Å². The molecule has 1 N–H and O–H groups in total. The van der Waals surface area contributed by atoms with Crippen molar-refractivity contribution in [2.75, 3.05) is 4.72 Å². The Hall–Kier alpha value is -1.84. The first-order valence-electron chi connectivity index (χ1n) is 4.69. The molecule has 0 aliphatic rings. The molecule has 0 spiro atoms. The zero-order valence-electron chi connectivity index (χ0n) is 8.62. The molecule has 1 aromatic heterocycles. The number of thiophene rings is 1. The number of anilines is 1. The van der Waals surface area contributed by atoms with Crippen molar-refractivity contribution >= 4 is 27.0 Å². The number of rotatable bonds is 3. The smallest absolute Gasteiger partial charge is 0.264 e. The van der Waals surface area contributed by atoms with Crippen LogP contribution >= 0.6 is 11.3 Å². The first-order chi connectivity index (χ1) is 8.13. The zero-order valence-corrected chi connectivity index (χ0v) is 10.3. The van der Waals surface area contributed by atoms with Gasteiger partial charge in [0, 0.05) is 5.69 Å². The van der Waals surface area contributed by atoms with Crippen LogP contribution in [0.3, 0.4) is 0 Å². The Morgan fingerprint density at radius 3 is 2.53 bits per heavy atom. The Bertz CT molecular complexity index is 654. The molecule has 2 aromatic rings. The molecule has 4 nitrogen and oxygen atoms in total. The fraction of sp³-hybridized carbons (Fsp3) is 0. The molecule has 6 heteroatoms. The Kier molecular flexibility index (Phi) is 3.13. The number of hydrogen-bond acceptors (Lipinski definition) is 4. The van der Waals surface area contributed by atoms with Crippen molar-refractivity contribution < 1.29 is 8.42 Å². The van der Waals surface area contributed by atoms with Crippen LogP contribution in [-0.4, -0.2) is 8.42 Å². The molecule has 0 bridgehead atoms. The molecule has 0 saturated heterocycles. The molecule has 0 aliphatic heterocycles. The Balaban J connectivity index is 2.36. The van der Waals surface area contributed by atoms with Crippen molar-refractivity contribution in [2.24, 2.45) is 0 Å². The molecule has 0 radical (unpaired) electrons. The summed E-state index contributed by atoms with van der Waals surface area (Å²) < 4.78 is 26.4. The summed E-state index contributed by atoms with van der Waals surface area (Å²) in [6, 6.07) is 11.8. The molecule has 0 fully saturated rings. The van der Waals surface area contributed by atoms with Gasteiger partial charge in [-0.2, -0.15) is 5.26 Å². The molecule has 1 aromatic carbocycles. The van der Waals surface area contributed by atoms with Crippen molar-refractivity contribution in [3.05, 3.63) is 46.7 Å². The highest BCUT2D eigenvalue weighted by molar-refractivity contribution is 7.93. The quantitative estimate of drug-likeness (QED) is 0.925. The SMILES string of the molecule is N#Cc1sccc1S(=O)(=O)Nc1ccccc1. The maximum atomic E-state index is 12.0. The minimum Gasteiger partial charge on any atom is -0.280 e. The number of nitrogens with one attached hydrogen (secondary N) is 1. The van der Waals surface area contributed by atoms with E-state index in [-0.39, 0.29) is 9.77 Å². The van der Waals surface area contributed by atoms with Crippen LogP contribution in [0.4, 0.5) is 5.69 Å². The van der Waals surface area contributed by atoms with Crippen LogP contribution < -0.4 is 4.72 Å². The zero-order chi connectivity index (χ0) is 12.3. The van der Waals surface area contributed by atoms with Crippen LogP contribution in [0.2, 0.25) is 0 Å². The van der Waals surface area contributed by atoms with Gasteiger partial charge in [0.2, 0.25) is 0 Å². The van der Waals surface area contributed by atoms with Gasteiger partial charge in [-0.15, -0.1) is 11.3 Å². The normalized spacial score (nSPS) is 10.8. The van der Waals surface area contributed by atoms with Crippen LogP contribution in [0, 0.1) is 11.3 Å². The van der Waals surface area contributed by atoms with Gasteiger partial charge in [0.25, 0.3) is 10.0 Å². The van der Waals surface area contributed by atoms with E-state index in [4.69, 9.17) is 5.26 Å². The fourth-order valence-corrected chi connectivity index (χ4v) is 3.54. The van der Waals surface area contributed by atoms with E-state index < -0.39 is 10.0 Å². The van der Waals surface area contributed by atoms with Crippen LogP contribution in [0.15, 0.2) is 46.7 Å². The Morgan fingerprint density at radius 1 is 1.18 bits per heavy atom. The number of hydrogen-bond donors (Lipinski definition) is 1. The average Bonchev–Trinajstić information content (AvgIpc) is 2.78. The van der Waals surface area contributed by atoms with Gasteiger partial charge in [-0.25, -0.2) is 8.42 Å². The second kappa shape index (κ2) is 4.57. The van der Waals surface area contributed by atoms with Crippen molar-refractivity contribution in [1.29, 1.82) is 5.26 Å². The summed E-state index contributed by atoms with van der Waals surface area (Å²) in [6.45, 7) is 0. The molecule has 0 amide bonds.